The maximum absolute atomic E-state index is 13.1. The highest BCUT2D eigenvalue weighted by Gasteiger charge is 2.14. The fourth-order valence-electron chi connectivity index (χ4n) is 2.15. The zero-order valence-corrected chi connectivity index (χ0v) is 11.8. The van der Waals surface area contributed by atoms with E-state index >= 15 is 0 Å². The van der Waals surface area contributed by atoms with Gasteiger partial charge in [-0.3, -0.25) is 4.40 Å². The van der Waals surface area contributed by atoms with Crippen molar-refractivity contribution in [2.24, 2.45) is 0 Å². The maximum Gasteiger partial charge on any atom is 0.341 e. The monoisotopic (exact) mass is 300 g/mol. The third-order valence-electron chi connectivity index (χ3n) is 3.20. The predicted molar refractivity (Wildman–Crippen MR) is 77.3 cm³/mol. The maximum atomic E-state index is 13.1. The molecule has 0 aliphatic carbocycles. The number of esters is 1. The molecular formula is C16H13FN2O3. The average molecular weight is 300 g/mol. The van der Waals surface area contributed by atoms with Crippen molar-refractivity contribution in [1.82, 2.24) is 9.38 Å². The molecule has 0 unspecified atom stereocenters. The van der Waals surface area contributed by atoms with E-state index in [1.165, 1.54) is 19.2 Å². The normalized spacial score (nSPS) is 10.6. The van der Waals surface area contributed by atoms with Crippen LogP contribution in [0.2, 0.25) is 0 Å². The Hall–Kier alpha value is -2.89. The van der Waals surface area contributed by atoms with Crippen LogP contribution in [0.4, 0.5) is 4.39 Å². The summed E-state index contributed by atoms with van der Waals surface area (Å²) in [5.74, 6) is -0.378. The number of nitrogens with zero attached hydrogens (tertiary/aromatic N) is 2. The number of pyridine rings is 1. The number of halogens is 1. The average Bonchev–Trinajstić information content (AvgIpc) is 2.95. The molecule has 1 aromatic carbocycles. The highest BCUT2D eigenvalue weighted by molar-refractivity contribution is 5.95. The number of imidazole rings is 1. The molecular weight excluding hydrogens is 287 g/mol. The van der Waals surface area contributed by atoms with Crippen LogP contribution in [0.5, 0.6) is 5.75 Å². The molecule has 5 nitrogen and oxygen atoms in total. The Morgan fingerprint density at radius 1 is 1.32 bits per heavy atom. The van der Waals surface area contributed by atoms with Gasteiger partial charge in [0.15, 0.2) is 5.65 Å². The Morgan fingerprint density at radius 3 is 2.95 bits per heavy atom. The molecule has 0 saturated heterocycles. The molecule has 0 aliphatic rings. The van der Waals surface area contributed by atoms with E-state index in [0.717, 1.165) is 5.69 Å². The Morgan fingerprint density at radius 2 is 2.18 bits per heavy atom. The van der Waals surface area contributed by atoms with E-state index in [1.54, 1.807) is 41.1 Å². The van der Waals surface area contributed by atoms with Gasteiger partial charge >= 0.3 is 5.97 Å². The van der Waals surface area contributed by atoms with Crippen LogP contribution in [0.1, 0.15) is 16.1 Å². The van der Waals surface area contributed by atoms with E-state index in [-0.39, 0.29) is 12.4 Å². The summed E-state index contributed by atoms with van der Waals surface area (Å²) in [5, 5.41) is 0. The molecule has 112 valence electrons. The number of aromatic nitrogens is 2. The summed E-state index contributed by atoms with van der Waals surface area (Å²) in [5.41, 5.74) is 1.61. The molecule has 3 rings (SSSR count). The van der Waals surface area contributed by atoms with Gasteiger partial charge in [-0.2, -0.15) is 0 Å². The standard InChI is InChI=1S/C16H13FN2O3/c1-21-16(20)14-6-3-7-19-12(9-18-15(14)19)10-22-13-5-2-4-11(17)8-13/h2-9H,10H2,1H3. The van der Waals surface area contributed by atoms with Crippen molar-refractivity contribution in [3.05, 3.63) is 65.9 Å². The van der Waals surface area contributed by atoms with Crippen LogP contribution in [0.25, 0.3) is 5.65 Å². The van der Waals surface area contributed by atoms with Crippen molar-refractivity contribution < 1.29 is 18.7 Å². The zero-order valence-electron chi connectivity index (χ0n) is 11.8. The van der Waals surface area contributed by atoms with Gasteiger partial charge in [0.05, 0.1) is 19.0 Å². The molecule has 0 radical (unpaired) electrons. The fourth-order valence-corrected chi connectivity index (χ4v) is 2.15. The number of fused-ring (bicyclic) bond motifs is 1. The smallest absolute Gasteiger partial charge is 0.341 e. The highest BCUT2D eigenvalue weighted by atomic mass is 19.1. The van der Waals surface area contributed by atoms with Gasteiger partial charge in [-0.25, -0.2) is 14.2 Å². The first kappa shape index (κ1) is 14.1. The van der Waals surface area contributed by atoms with E-state index in [0.29, 0.717) is 17.0 Å². The van der Waals surface area contributed by atoms with Crippen LogP contribution in [0, 0.1) is 5.82 Å². The summed E-state index contributed by atoms with van der Waals surface area (Å²) in [7, 11) is 1.32. The quantitative estimate of drug-likeness (QED) is 0.695. The number of methoxy groups -OCH3 is 1. The molecule has 0 bridgehead atoms. The van der Waals surface area contributed by atoms with E-state index < -0.39 is 5.97 Å². The van der Waals surface area contributed by atoms with Crippen LogP contribution >= 0.6 is 0 Å². The minimum Gasteiger partial charge on any atom is -0.487 e. The number of benzene rings is 1. The Bertz CT molecular complexity index is 829. The van der Waals surface area contributed by atoms with Crippen molar-refractivity contribution in [2.45, 2.75) is 6.61 Å². The highest BCUT2D eigenvalue weighted by Crippen LogP contribution is 2.17. The van der Waals surface area contributed by atoms with Crippen LogP contribution in [0.3, 0.4) is 0 Å². The molecule has 3 aromatic rings. The van der Waals surface area contributed by atoms with Gasteiger partial charge in [0.1, 0.15) is 23.7 Å². The van der Waals surface area contributed by atoms with Gasteiger partial charge in [0.25, 0.3) is 0 Å². The predicted octanol–water partition coefficient (Wildman–Crippen LogP) is 2.84. The van der Waals surface area contributed by atoms with Crippen molar-refractivity contribution in [3.8, 4) is 5.75 Å². The molecule has 6 heteroatoms. The second-order valence-corrected chi connectivity index (χ2v) is 4.60. The topological polar surface area (TPSA) is 52.8 Å². The second-order valence-electron chi connectivity index (χ2n) is 4.60. The first-order chi connectivity index (χ1) is 10.7. The van der Waals surface area contributed by atoms with Gasteiger partial charge in [-0.15, -0.1) is 0 Å². The lowest BCUT2D eigenvalue weighted by Gasteiger charge is -2.07. The number of hydrogen-bond donors (Lipinski definition) is 0. The summed E-state index contributed by atoms with van der Waals surface area (Å²) in [6.07, 6.45) is 3.39. The van der Waals surface area contributed by atoms with Gasteiger partial charge in [-0.1, -0.05) is 6.07 Å². The van der Waals surface area contributed by atoms with Crippen LogP contribution < -0.4 is 4.74 Å². The lowest BCUT2D eigenvalue weighted by atomic mass is 10.3. The molecule has 2 heterocycles. The molecule has 0 amide bonds. The minimum absolute atomic E-state index is 0.204. The molecule has 0 saturated carbocycles. The molecule has 0 spiro atoms. The molecule has 22 heavy (non-hydrogen) atoms. The van der Waals surface area contributed by atoms with E-state index in [9.17, 15) is 9.18 Å². The number of hydrogen-bond acceptors (Lipinski definition) is 4. The van der Waals surface area contributed by atoms with Crippen molar-refractivity contribution in [2.75, 3.05) is 7.11 Å². The van der Waals surface area contributed by atoms with Crippen molar-refractivity contribution >= 4 is 11.6 Å². The third-order valence-corrected chi connectivity index (χ3v) is 3.20. The Labute approximate surface area is 125 Å². The van der Waals surface area contributed by atoms with Crippen LogP contribution in [-0.4, -0.2) is 22.5 Å². The van der Waals surface area contributed by atoms with Crippen molar-refractivity contribution in [3.63, 3.8) is 0 Å². The lowest BCUT2D eigenvalue weighted by molar-refractivity contribution is 0.0602. The largest absolute Gasteiger partial charge is 0.487 e. The van der Waals surface area contributed by atoms with Gasteiger partial charge in [0, 0.05) is 12.3 Å². The molecule has 0 fully saturated rings. The van der Waals surface area contributed by atoms with Crippen molar-refractivity contribution in [1.29, 1.82) is 0 Å². The molecule has 2 aromatic heterocycles. The number of rotatable bonds is 4. The molecule has 0 atom stereocenters. The molecule has 0 aliphatic heterocycles. The van der Waals surface area contributed by atoms with Gasteiger partial charge in [0.2, 0.25) is 0 Å². The zero-order chi connectivity index (χ0) is 15.5. The summed E-state index contributed by atoms with van der Waals surface area (Å²) < 4.78 is 25.1. The third kappa shape index (κ3) is 2.63. The first-order valence-corrected chi connectivity index (χ1v) is 6.60. The van der Waals surface area contributed by atoms with Crippen LogP contribution in [0.15, 0.2) is 48.8 Å². The summed E-state index contributed by atoms with van der Waals surface area (Å²) in [4.78, 5) is 15.9. The summed E-state index contributed by atoms with van der Waals surface area (Å²) in [6, 6.07) is 9.28. The molecule has 0 N–H and O–H groups in total. The summed E-state index contributed by atoms with van der Waals surface area (Å²) in [6.45, 7) is 0.204. The Kier molecular flexibility index (Phi) is 3.74. The Balaban J connectivity index is 1.87. The SMILES string of the molecule is COC(=O)c1cccn2c(COc3cccc(F)c3)cnc12. The van der Waals surface area contributed by atoms with Crippen LogP contribution in [-0.2, 0) is 11.3 Å². The first-order valence-electron chi connectivity index (χ1n) is 6.60. The fraction of sp³-hybridized carbons (Fsp3) is 0.125. The van der Waals surface area contributed by atoms with Gasteiger partial charge < -0.3 is 9.47 Å². The minimum atomic E-state index is -0.450. The number of carbonyl (C=O) groups excluding carboxylic acids is 1. The second kappa shape index (κ2) is 5.85. The number of carbonyl (C=O) groups is 1. The van der Waals surface area contributed by atoms with E-state index in [4.69, 9.17) is 9.47 Å². The van der Waals surface area contributed by atoms with E-state index in [1.807, 2.05) is 0 Å². The van der Waals surface area contributed by atoms with Gasteiger partial charge in [-0.05, 0) is 24.3 Å². The summed E-state index contributed by atoms with van der Waals surface area (Å²) >= 11 is 0. The number of ether oxygens (including phenoxy) is 2. The van der Waals surface area contributed by atoms with E-state index in [2.05, 4.69) is 4.98 Å². The lowest BCUT2D eigenvalue weighted by Crippen LogP contribution is -2.05.